The number of benzene rings is 3. The second-order valence-electron chi connectivity index (χ2n) is 10.2. The second-order valence-corrected chi connectivity index (χ2v) is 10.2. The lowest BCUT2D eigenvalue weighted by Gasteiger charge is -2.31. The van der Waals surface area contributed by atoms with Gasteiger partial charge < -0.3 is 30.2 Å². The fraction of sp³-hybridized carbons (Fsp3) is 0.333. The van der Waals surface area contributed by atoms with Gasteiger partial charge in [-0.25, -0.2) is 18.0 Å². The third kappa shape index (κ3) is 9.33. The average Bonchev–Trinajstić information content (AvgIpc) is 2.98. The number of amides is 2. The van der Waals surface area contributed by atoms with Crippen molar-refractivity contribution in [2.45, 2.75) is 30.5 Å². The molecule has 0 saturated carbocycles. The zero-order chi connectivity index (χ0) is 32.7. The number of nitrogens with two attached hydrogens (primary N) is 1. The van der Waals surface area contributed by atoms with Gasteiger partial charge in [0.2, 0.25) is 5.91 Å². The third-order valence-corrected chi connectivity index (χ3v) is 6.79. The van der Waals surface area contributed by atoms with E-state index in [1.165, 1.54) is 60.7 Å². The van der Waals surface area contributed by atoms with Gasteiger partial charge in [0.05, 0.1) is 18.3 Å². The maximum atomic E-state index is 14.8. The minimum atomic E-state index is -4.59. The fourth-order valence-electron chi connectivity index (χ4n) is 4.58. The zero-order valence-electron chi connectivity index (χ0n) is 23.8. The quantitative estimate of drug-likeness (QED) is 0.279. The number of carbonyl (C=O) groups excluding carboxylic acids is 2. The molecule has 1 aliphatic heterocycles. The number of morpholine rings is 1. The van der Waals surface area contributed by atoms with Crippen LogP contribution in [0.1, 0.15) is 17.0 Å². The highest BCUT2D eigenvalue weighted by Gasteiger charge is 2.34. The highest BCUT2D eigenvalue weighted by molar-refractivity contribution is 5.97. The minimum Gasteiger partial charge on any atom is -0.486 e. The Labute approximate surface area is 254 Å². The Morgan fingerprint density at radius 2 is 1.62 bits per heavy atom. The Bertz CT molecular complexity index is 1410. The van der Waals surface area contributed by atoms with E-state index in [4.69, 9.17) is 19.9 Å². The predicted octanol–water partition coefficient (Wildman–Crippen LogP) is 4.53. The standard InChI is InChI=1S/C30H30F6N4O5/c1-40(16-30(34,35)36)29(42)45-24-15-43-21(13-38-24)14-44-27-22(33)3-2-4-23(27)39-28(41)26(37)25(17-5-9-19(31)10-6-17)18-7-11-20(32)12-8-18/h2-12,21,24-26,38H,13-16,37H2,1H3,(H,39,41)/t21-,24-,26-/m0/s1. The summed E-state index contributed by atoms with van der Waals surface area (Å²) in [6.07, 6.45) is -7.49. The molecule has 4 N–H and O–H groups in total. The molecule has 2 amide bonds. The van der Waals surface area contributed by atoms with Crippen LogP contribution >= 0.6 is 0 Å². The van der Waals surface area contributed by atoms with Crippen molar-refractivity contribution in [2.24, 2.45) is 5.73 Å². The van der Waals surface area contributed by atoms with Gasteiger partial charge in [0.25, 0.3) is 0 Å². The Morgan fingerprint density at radius 3 is 2.16 bits per heavy atom. The molecule has 0 aliphatic carbocycles. The van der Waals surface area contributed by atoms with Gasteiger partial charge in [-0.1, -0.05) is 30.3 Å². The van der Waals surface area contributed by atoms with E-state index in [1.807, 2.05) is 0 Å². The largest absolute Gasteiger partial charge is 0.486 e. The van der Waals surface area contributed by atoms with Crippen LogP contribution in [0.15, 0.2) is 66.7 Å². The first-order valence-corrected chi connectivity index (χ1v) is 13.6. The normalized spacial score (nSPS) is 17.4. The van der Waals surface area contributed by atoms with Gasteiger partial charge in [-0.2, -0.15) is 13.2 Å². The number of anilines is 1. The molecular weight excluding hydrogens is 610 g/mol. The number of hydrogen-bond donors (Lipinski definition) is 3. The van der Waals surface area contributed by atoms with Gasteiger partial charge in [0, 0.05) is 19.5 Å². The van der Waals surface area contributed by atoms with E-state index in [0.717, 1.165) is 13.1 Å². The molecular formula is C30H30F6N4O5. The molecule has 1 fully saturated rings. The summed E-state index contributed by atoms with van der Waals surface area (Å²) in [4.78, 5) is 25.6. The van der Waals surface area contributed by atoms with Gasteiger partial charge in [0.15, 0.2) is 17.8 Å². The lowest BCUT2D eigenvalue weighted by atomic mass is 9.85. The molecule has 0 aromatic heterocycles. The van der Waals surface area contributed by atoms with Crippen LogP contribution in [0.2, 0.25) is 0 Å². The van der Waals surface area contributed by atoms with E-state index in [0.29, 0.717) is 16.0 Å². The van der Waals surface area contributed by atoms with Crippen molar-refractivity contribution in [3.63, 3.8) is 0 Å². The van der Waals surface area contributed by atoms with Crippen LogP contribution < -0.4 is 21.1 Å². The Kier molecular flexibility index (Phi) is 10.9. The van der Waals surface area contributed by atoms with E-state index in [-0.39, 0.29) is 31.2 Å². The van der Waals surface area contributed by atoms with Crippen LogP contribution in [0.5, 0.6) is 5.75 Å². The van der Waals surface area contributed by atoms with Crippen molar-refractivity contribution in [1.29, 1.82) is 0 Å². The number of hydrogen-bond acceptors (Lipinski definition) is 7. The number of alkyl halides is 3. The molecule has 0 radical (unpaired) electrons. The SMILES string of the molecule is CN(CC(F)(F)F)C(=O)O[C@H]1CO[C@H](COc2c(F)cccc2NC(=O)[C@@H](N)C(c2ccc(F)cc2)c2ccc(F)cc2)CN1. The van der Waals surface area contributed by atoms with Gasteiger partial charge in [-0.05, 0) is 47.5 Å². The highest BCUT2D eigenvalue weighted by Crippen LogP contribution is 2.32. The molecule has 15 heteroatoms. The highest BCUT2D eigenvalue weighted by atomic mass is 19.4. The fourth-order valence-corrected chi connectivity index (χ4v) is 4.58. The summed E-state index contributed by atoms with van der Waals surface area (Å²) in [7, 11) is 0.944. The first-order valence-electron chi connectivity index (χ1n) is 13.6. The zero-order valence-corrected chi connectivity index (χ0v) is 23.8. The molecule has 4 rings (SSSR count). The summed E-state index contributed by atoms with van der Waals surface area (Å²) in [5.41, 5.74) is 7.29. The number of ether oxygens (including phenoxy) is 3. The molecule has 3 aromatic rings. The van der Waals surface area contributed by atoms with Gasteiger partial charge >= 0.3 is 12.3 Å². The van der Waals surface area contributed by atoms with Crippen LogP contribution in [-0.4, -0.2) is 74.8 Å². The van der Waals surface area contributed by atoms with E-state index in [2.05, 4.69) is 10.6 Å². The Morgan fingerprint density at radius 1 is 1.02 bits per heavy atom. The first-order chi connectivity index (χ1) is 21.3. The van der Waals surface area contributed by atoms with E-state index in [1.54, 1.807) is 0 Å². The maximum absolute atomic E-state index is 14.8. The van der Waals surface area contributed by atoms with Crippen LogP contribution in [-0.2, 0) is 14.3 Å². The maximum Gasteiger partial charge on any atom is 0.411 e. The van der Waals surface area contributed by atoms with Crippen molar-refractivity contribution in [3.8, 4) is 5.75 Å². The smallest absolute Gasteiger partial charge is 0.411 e. The van der Waals surface area contributed by atoms with Crippen LogP contribution in [0.4, 0.5) is 36.8 Å². The summed E-state index contributed by atoms with van der Waals surface area (Å²) < 4.78 is 95.7. The first kappa shape index (κ1) is 33.6. The molecule has 45 heavy (non-hydrogen) atoms. The molecule has 0 bridgehead atoms. The number of halogens is 6. The number of rotatable bonds is 10. The molecule has 0 spiro atoms. The molecule has 9 nitrogen and oxygen atoms in total. The number of para-hydroxylation sites is 1. The molecule has 3 aromatic carbocycles. The minimum absolute atomic E-state index is 0.0406. The number of nitrogens with one attached hydrogen (secondary N) is 2. The van der Waals surface area contributed by atoms with Gasteiger partial charge in [0.1, 0.15) is 30.9 Å². The molecule has 1 aliphatic rings. The van der Waals surface area contributed by atoms with E-state index in [9.17, 15) is 35.9 Å². The Balaban J connectivity index is 1.38. The molecule has 242 valence electrons. The average molecular weight is 641 g/mol. The summed E-state index contributed by atoms with van der Waals surface area (Å²) in [5, 5.41) is 5.36. The van der Waals surface area contributed by atoms with E-state index >= 15 is 0 Å². The van der Waals surface area contributed by atoms with Crippen LogP contribution in [0, 0.1) is 17.5 Å². The summed E-state index contributed by atoms with van der Waals surface area (Å²) in [6, 6.07) is 13.2. The van der Waals surface area contributed by atoms with Crippen LogP contribution in [0.3, 0.4) is 0 Å². The molecule has 1 heterocycles. The predicted molar refractivity (Wildman–Crippen MR) is 150 cm³/mol. The van der Waals surface area contributed by atoms with Crippen molar-refractivity contribution < 1.29 is 50.1 Å². The van der Waals surface area contributed by atoms with E-state index < -0.39 is 66.5 Å². The van der Waals surface area contributed by atoms with Crippen molar-refractivity contribution in [2.75, 3.05) is 38.7 Å². The van der Waals surface area contributed by atoms with Gasteiger partial charge in [-0.15, -0.1) is 0 Å². The third-order valence-electron chi connectivity index (χ3n) is 6.79. The van der Waals surface area contributed by atoms with Crippen LogP contribution in [0.25, 0.3) is 0 Å². The Hall–Kier alpha value is -4.34. The molecule has 3 atom stereocenters. The second kappa shape index (κ2) is 14.6. The van der Waals surface area contributed by atoms with Gasteiger partial charge in [-0.3, -0.25) is 10.1 Å². The lowest BCUT2D eigenvalue weighted by molar-refractivity contribution is -0.143. The monoisotopic (exact) mass is 640 g/mol. The summed E-state index contributed by atoms with van der Waals surface area (Å²) in [6.45, 7) is -1.88. The number of nitrogens with zero attached hydrogens (tertiary/aromatic N) is 1. The topological polar surface area (TPSA) is 115 Å². The van der Waals surface area contributed by atoms with Crippen molar-refractivity contribution in [1.82, 2.24) is 10.2 Å². The van der Waals surface area contributed by atoms with Crippen molar-refractivity contribution >= 4 is 17.7 Å². The lowest BCUT2D eigenvalue weighted by Crippen LogP contribution is -2.51. The molecule has 1 saturated heterocycles. The summed E-state index contributed by atoms with van der Waals surface area (Å²) >= 11 is 0. The number of carbonyl (C=O) groups is 2. The molecule has 0 unspecified atom stereocenters. The van der Waals surface area contributed by atoms with Crippen molar-refractivity contribution in [3.05, 3.63) is 95.3 Å². The summed E-state index contributed by atoms with van der Waals surface area (Å²) in [5.74, 6) is -3.68.